The van der Waals surface area contributed by atoms with Crippen LogP contribution in [0, 0.1) is 6.92 Å². The van der Waals surface area contributed by atoms with Crippen LogP contribution < -0.4 is 15.0 Å². The number of barbiturate groups is 1. The first kappa shape index (κ1) is 24.0. The summed E-state index contributed by atoms with van der Waals surface area (Å²) in [6.07, 6.45) is 1.38. The van der Waals surface area contributed by atoms with Crippen molar-refractivity contribution in [1.82, 2.24) is 5.32 Å². The predicted molar refractivity (Wildman–Crippen MR) is 135 cm³/mol. The summed E-state index contributed by atoms with van der Waals surface area (Å²) in [5.41, 5.74) is 2.38. The Morgan fingerprint density at radius 1 is 1.03 bits per heavy atom. The molecule has 34 heavy (non-hydrogen) atoms. The number of hydrogen-bond donors (Lipinski definition) is 1. The van der Waals surface area contributed by atoms with Crippen LogP contribution >= 0.6 is 39.1 Å². The fourth-order valence-corrected chi connectivity index (χ4v) is 4.04. The summed E-state index contributed by atoms with van der Waals surface area (Å²) in [5, 5.41) is 3.12. The number of aryl methyl sites for hydroxylation is 1. The van der Waals surface area contributed by atoms with Crippen LogP contribution in [0.2, 0.25) is 10.0 Å². The van der Waals surface area contributed by atoms with Crippen LogP contribution in [0.4, 0.5) is 10.5 Å². The summed E-state index contributed by atoms with van der Waals surface area (Å²) in [6, 6.07) is 16.4. The molecule has 1 aliphatic heterocycles. The lowest BCUT2D eigenvalue weighted by molar-refractivity contribution is -0.122. The van der Waals surface area contributed by atoms with E-state index in [-0.39, 0.29) is 12.2 Å². The summed E-state index contributed by atoms with van der Waals surface area (Å²) >= 11 is 15.7. The lowest BCUT2D eigenvalue weighted by atomic mass is 10.1. The summed E-state index contributed by atoms with van der Waals surface area (Å²) in [7, 11) is 0. The molecule has 0 bridgehead atoms. The Balaban J connectivity index is 1.57. The zero-order chi connectivity index (χ0) is 24.4. The number of benzene rings is 3. The molecule has 6 nitrogen and oxygen atoms in total. The smallest absolute Gasteiger partial charge is 0.335 e. The molecule has 172 valence electrons. The molecule has 0 aromatic heterocycles. The number of urea groups is 1. The number of nitrogens with one attached hydrogen (secondary N) is 1. The van der Waals surface area contributed by atoms with Crippen molar-refractivity contribution in [2.45, 2.75) is 13.5 Å². The van der Waals surface area contributed by atoms with Gasteiger partial charge in [0.2, 0.25) is 0 Å². The molecule has 9 heteroatoms. The molecule has 0 spiro atoms. The first-order valence-corrected chi connectivity index (χ1v) is 11.6. The second kappa shape index (κ2) is 10.0. The van der Waals surface area contributed by atoms with Crippen LogP contribution in [0.1, 0.15) is 16.7 Å². The highest BCUT2D eigenvalue weighted by Crippen LogP contribution is 2.29. The van der Waals surface area contributed by atoms with Gasteiger partial charge in [0.1, 0.15) is 17.9 Å². The summed E-state index contributed by atoms with van der Waals surface area (Å²) < 4.78 is 6.59. The molecule has 1 saturated heterocycles. The van der Waals surface area contributed by atoms with E-state index < -0.39 is 17.8 Å². The molecule has 0 aliphatic carbocycles. The highest BCUT2D eigenvalue weighted by Gasteiger charge is 2.36. The topological polar surface area (TPSA) is 75.7 Å². The van der Waals surface area contributed by atoms with Gasteiger partial charge in [-0.05, 0) is 72.2 Å². The Morgan fingerprint density at radius 2 is 1.82 bits per heavy atom. The Morgan fingerprint density at radius 3 is 2.53 bits per heavy atom. The molecule has 3 aromatic carbocycles. The SMILES string of the molecule is Cc1cc(N2C(=O)NC(=O)/C(=C/c3ccc(OCc4cccc(Cl)c4)c(Cl)c3)C2=O)ccc1Br. The van der Waals surface area contributed by atoms with Crippen LogP contribution in [0.5, 0.6) is 5.75 Å². The number of ether oxygens (including phenoxy) is 1. The third-order valence-corrected chi connectivity index (χ3v) is 6.47. The van der Waals surface area contributed by atoms with Crippen molar-refractivity contribution in [3.63, 3.8) is 0 Å². The minimum atomic E-state index is -0.809. The molecule has 0 saturated carbocycles. The van der Waals surface area contributed by atoms with Gasteiger partial charge in [-0.25, -0.2) is 9.69 Å². The van der Waals surface area contributed by atoms with E-state index in [0.29, 0.717) is 27.0 Å². The van der Waals surface area contributed by atoms with E-state index in [4.69, 9.17) is 27.9 Å². The summed E-state index contributed by atoms with van der Waals surface area (Å²) in [6.45, 7) is 2.10. The van der Waals surface area contributed by atoms with Crippen molar-refractivity contribution in [2.24, 2.45) is 0 Å². The molecule has 0 unspecified atom stereocenters. The first-order valence-electron chi connectivity index (χ1n) is 10.1. The lowest BCUT2D eigenvalue weighted by Crippen LogP contribution is -2.54. The maximum Gasteiger partial charge on any atom is 0.335 e. The van der Waals surface area contributed by atoms with E-state index >= 15 is 0 Å². The van der Waals surface area contributed by atoms with E-state index in [1.54, 1.807) is 48.5 Å². The predicted octanol–water partition coefficient (Wildman–Crippen LogP) is 6.31. The maximum atomic E-state index is 13.1. The fraction of sp³-hybridized carbons (Fsp3) is 0.0800. The minimum absolute atomic E-state index is 0.191. The van der Waals surface area contributed by atoms with Crippen molar-refractivity contribution in [1.29, 1.82) is 0 Å². The lowest BCUT2D eigenvalue weighted by Gasteiger charge is -2.26. The van der Waals surface area contributed by atoms with Crippen molar-refractivity contribution >= 4 is 68.7 Å². The Bertz CT molecular complexity index is 1360. The number of carbonyl (C=O) groups excluding carboxylic acids is 3. The highest BCUT2D eigenvalue weighted by molar-refractivity contribution is 9.10. The van der Waals surface area contributed by atoms with E-state index in [1.807, 2.05) is 19.1 Å². The van der Waals surface area contributed by atoms with Crippen LogP contribution in [-0.4, -0.2) is 17.8 Å². The van der Waals surface area contributed by atoms with Gasteiger partial charge in [0, 0.05) is 9.50 Å². The highest BCUT2D eigenvalue weighted by atomic mass is 79.9. The van der Waals surface area contributed by atoms with Crippen LogP contribution in [0.25, 0.3) is 6.08 Å². The van der Waals surface area contributed by atoms with Crippen molar-refractivity contribution in [2.75, 3.05) is 4.90 Å². The monoisotopic (exact) mass is 558 g/mol. The molecule has 1 aliphatic rings. The van der Waals surface area contributed by atoms with Gasteiger partial charge in [0.15, 0.2) is 0 Å². The maximum absolute atomic E-state index is 13.1. The first-order chi connectivity index (χ1) is 16.2. The molecule has 4 amide bonds. The van der Waals surface area contributed by atoms with Crippen molar-refractivity contribution in [3.8, 4) is 5.75 Å². The average molecular weight is 560 g/mol. The molecule has 1 heterocycles. The fourth-order valence-electron chi connectivity index (χ4n) is 3.34. The zero-order valence-electron chi connectivity index (χ0n) is 17.8. The number of nitrogens with zero attached hydrogens (tertiary/aromatic N) is 1. The normalized spacial score (nSPS) is 15.0. The average Bonchev–Trinajstić information content (AvgIpc) is 2.78. The number of halogens is 3. The van der Waals surface area contributed by atoms with E-state index in [9.17, 15) is 14.4 Å². The zero-order valence-corrected chi connectivity index (χ0v) is 20.9. The number of amides is 4. The molecule has 4 rings (SSSR count). The number of anilines is 1. The van der Waals surface area contributed by atoms with E-state index in [2.05, 4.69) is 21.2 Å². The van der Waals surface area contributed by atoms with Crippen molar-refractivity contribution in [3.05, 3.63) is 97.4 Å². The quantitative estimate of drug-likeness (QED) is 0.293. The third-order valence-electron chi connectivity index (χ3n) is 5.05. The van der Waals surface area contributed by atoms with Gasteiger partial charge in [-0.2, -0.15) is 0 Å². The molecular formula is C25H17BrCl2N2O4. The van der Waals surface area contributed by atoms with Gasteiger partial charge < -0.3 is 4.74 Å². The number of carbonyl (C=O) groups is 3. The largest absolute Gasteiger partial charge is 0.487 e. The molecule has 0 radical (unpaired) electrons. The van der Waals surface area contributed by atoms with Gasteiger partial charge in [-0.1, -0.05) is 57.3 Å². The summed E-state index contributed by atoms with van der Waals surface area (Å²) in [5.74, 6) is -1.07. The van der Waals surface area contributed by atoms with E-state index in [0.717, 1.165) is 20.5 Å². The standard InChI is InChI=1S/C25H17BrCl2N2O4/c1-14-9-18(6-7-20(14)26)30-24(32)19(23(31)29-25(30)33)11-15-5-8-22(21(28)12-15)34-13-16-3-2-4-17(27)10-16/h2-12H,13H2,1H3,(H,29,31,33)/b19-11-. The van der Waals surface area contributed by atoms with Gasteiger partial charge in [0.05, 0.1) is 10.7 Å². The number of hydrogen-bond acceptors (Lipinski definition) is 4. The Kier molecular flexibility index (Phi) is 7.07. The minimum Gasteiger partial charge on any atom is -0.487 e. The second-order valence-corrected chi connectivity index (χ2v) is 9.20. The van der Waals surface area contributed by atoms with Gasteiger partial charge >= 0.3 is 6.03 Å². The Labute approximate surface area is 214 Å². The van der Waals surface area contributed by atoms with Gasteiger partial charge in [-0.3, -0.25) is 14.9 Å². The number of imide groups is 2. The second-order valence-electron chi connectivity index (χ2n) is 7.50. The number of rotatable bonds is 5. The van der Waals surface area contributed by atoms with Crippen LogP contribution in [-0.2, 0) is 16.2 Å². The molecule has 1 N–H and O–H groups in total. The van der Waals surface area contributed by atoms with Gasteiger partial charge in [-0.15, -0.1) is 0 Å². The molecule has 1 fully saturated rings. The van der Waals surface area contributed by atoms with E-state index in [1.165, 1.54) is 6.08 Å². The van der Waals surface area contributed by atoms with Crippen LogP contribution in [0.15, 0.2) is 70.7 Å². The molecular weight excluding hydrogens is 543 g/mol. The third kappa shape index (κ3) is 5.17. The Hall–Kier alpha value is -3.13. The van der Waals surface area contributed by atoms with Gasteiger partial charge in [0.25, 0.3) is 11.8 Å². The van der Waals surface area contributed by atoms with Crippen LogP contribution in [0.3, 0.4) is 0 Å². The van der Waals surface area contributed by atoms with Crippen molar-refractivity contribution < 1.29 is 19.1 Å². The molecule has 3 aromatic rings. The molecule has 0 atom stereocenters. The summed E-state index contributed by atoms with van der Waals surface area (Å²) in [4.78, 5) is 38.8.